The number of amides is 2. The van der Waals surface area contributed by atoms with E-state index in [9.17, 15) is 18.0 Å². The van der Waals surface area contributed by atoms with Crippen LogP contribution in [0.2, 0.25) is 0 Å². The monoisotopic (exact) mass is 465 g/mol. The van der Waals surface area contributed by atoms with Crippen molar-refractivity contribution in [2.45, 2.75) is 56.7 Å². The summed E-state index contributed by atoms with van der Waals surface area (Å²) in [4.78, 5) is 16.6. The molecule has 1 saturated heterocycles. The van der Waals surface area contributed by atoms with E-state index in [2.05, 4.69) is 15.6 Å². The average Bonchev–Trinajstić information content (AvgIpc) is 2.76. The third-order valence-electron chi connectivity index (χ3n) is 5.67. The normalized spacial score (nSPS) is 21.2. The summed E-state index contributed by atoms with van der Waals surface area (Å²) in [5, 5.41) is 5.38. The number of rotatable bonds is 7. The van der Waals surface area contributed by atoms with Crippen LogP contribution in [0.1, 0.15) is 36.8 Å². The maximum absolute atomic E-state index is 13.2. The topological polar surface area (TPSA) is 81.7 Å². The molecule has 0 bridgehead atoms. The van der Waals surface area contributed by atoms with Crippen molar-refractivity contribution in [2.75, 3.05) is 18.5 Å². The van der Waals surface area contributed by atoms with E-state index in [0.29, 0.717) is 19.8 Å². The highest BCUT2D eigenvalue weighted by Gasteiger charge is 2.32. The number of nitrogens with zero attached hydrogens (tertiary/aromatic N) is 1. The Morgan fingerprint density at radius 1 is 1.12 bits per heavy atom. The Morgan fingerprint density at radius 3 is 2.55 bits per heavy atom. The number of carbonyl (C=O) groups excluding carboxylic acids is 1. The van der Waals surface area contributed by atoms with Gasteiger partial charge in [-0.15, -0.1) is 0 Å². The number of urea groups is 1. The first kappa shape index (κ1) is 23.3. The lowest BCUT2D eigenvalue weighted by atomic mass is 9.93. The molecule has 0 atom stereocenters. The van der Waals surface area contributed by atoms with Crippen LogP contribution >= 0.6 is 0 Å². The summed E-state index contributed by atoms with van der Waals surface area (Å²) in [7, 11) is 0. The fourth-order valence-electron chi connectivity index (χ4n) is 3.78. The molecule has 2 N–H and O–H groups in total. The second-order valence-electron chi connectivity index (χ2n) is 8.23. The minimum absolute atomic E-state index is 0.0253. The molecular formula is C23H26F3N3O4. The van der Waals surface area contributed by atoms with E-state index < -0.39 is 17.8 Å². The fourth-order valence-corrected chi connectivity index (χ4v) is 3.78. The Hall–Kier alpha value is -2.85. The molecule has 1 aliphatic carbocycles. The van der Waals surface area contributed by atoms with Gasteiger partial charge in [-0.1, -0.05) is 6.07 Å². The number of ether oxygens (including phenoxy) is 3. The lowest BCUT2D eigenvalue weighted by molar-refractivity contribution is -0.137. The van der Waals surface area contributed by atoms with Crippen LogP contribution in [0.4, 0.5) is 23.7 Å². The van der Waals surface area contributed by atoms with Crippen molar-refractivity contribution in [3.05, 3.63) is 53.9 Å². The molecule has 2 heterocycles. The molecule has 0 radical (unpaired) electrons. The third kappa shape index (κ3) is 6.58. The molecule has 1 saturated carbocycles. The molecule has 0 unspecified atom stereocenters. The number of aromatic nitrogens is 1. The summed E-state index contributed by atoms with van der Waals surface area (Å²) < 4.78 is 56.1. The minimum Gasteiger partial charge on any atom is -0.483 e. The molecule has 2 aliphatic rings. The van der Waals surface area contributed by atoms with Crippen LogP contribution in [0.25, 0.3) is 0 Å². The molecule has 4 rings (SSSR count). The Labute approximate surface area is 189 Å². The quantitative estimate of drug-likeness (QED) is 0.628. The highest BCUT2D eigenvalue weighted by Crippen LogP contribution is 2.36. The summed E-state index contributed by atoms with van der Waals surface area (Å²) in [6, 6.07) is 6.21. The molecule has 7 nitrogen and oxygen atoms in total. The van der Waals surface area contributed by atoms with Gasteiger partial charge in [0.1, 0.15) is 11.9 Å². The molecule has 2 fully saturated rings. The SMILES string of the molecule is O=C(Nc1cc(C(F)(F)F)ccc1OC1COC1)NC1CCC(OCc2cccnc2)CC1. The first-order valence-electron chi connectivity index (χ1n) is 10.9. The van der Waals surface area contributed by atoms with Gasteiger partial charge in [0.15, 0.2) is 0 Å². The van der Waals surface area contributed by atoms with Crippen LogP contribution < -0.4 is 15.4 Å². The zero-order valence-electron chi connectivity index (χ0n) is 17.9. The van der Waals surface area contributed by atoms with E-state index >= 15 is 0 Å². The van der Waals surface area contributed by atoms with Gasteiger partial charge in [-0.3, -0.25) is 4.98 Å². The zero-order chi connectivity index (χ0) is 23.3. The summed E-state index contributed by atoms with van der Waals surface area (Å²) in [6.45, 7) is 1.21. The second-order valence-corrected chi connectivity index (χ2v) is 8.23. The van der Waals surface area contributed by atoms with Crippen LogP contribution in [-0.4, -0.2) is 42.5 Å². The van der Waals surface area contributed by atoms with Crippen LogP contribution in [0.15, 0.2) is 42.7 Å². The van der Waals surface area contributed by atoms with Gasteiger partial charge >= 0.3 is 12.2 Å². The van der Waals surface area contributed by atoms with Crippen LogP contribution in [-0.2, 0) is 22.3 Å². The van der Waals surface area contributed by atoms with E-state index in [-0.39, 0.29) is 29.7 Å². The Morgan fingerprint density at radius 2 is 1.91 bits per heavy atom. The van der Waals surface area contributed by atoms with Gasteiger partial charge in [-0.2, -0.15) is 13.2 Å². The summed E-state index contributed by atoms with van der Waals surface area (Å²) >= 11 is 0. The smallest absolute Gasteiger partial charge is 0.416 e. The number of anilines is 1. The van der Waals surface area contributed by atoms with E-state index in [4.69, 9.17) is 14.2 Å². The lowest BCUT2D eigenvalue weighted by Crippen LogP contribution is -2.41. The molecular weight excluding hydrogens is 439 g/mol. The Bertz CT molecular complexity index is 930. The highest BCUT2D eigenvalue weighted by molar-refractivity contribution is 5.91. The Balaban J connectivity index is 1.29. The summed E-state index contributed by atoms with van der Waals surface area (Å²) in [6.07, 6.45) is 1.80. The summed E-state index contributed by atoms with van der Waals surface area (Å²) in [5.41, 5.74) is 0.119. The molecule has 1 aliphatic heterocycles. The first-order chi connectivity index (χ1) is 15.9. The van der Waals surface area contributed by atoms with Crippen molar-refractivity contribution in [1.82, 2.24) is 10.3 Å². The standard InChI is InChI=1S/C23H26F3N3O4/c24-23(25,26)16-3-8-21(33-19-13-31-14-19)20(10-16)29-22(30)28-17-4-6-18(7-5-17)32-12-15-2-1-9-27-11-15/h1-3,8-11,17-19H,4-7,12-14H2,(H2,28,29,30). The number of hydrogen-bond acceptors (Lipinski definition) is 5. The number of alkyl halides is 3. The van der Waals surface area contributed by atoms with Gasteiger partial charge in [0.2, 0.25) is 0 Å². The number of carbonyl (C=O) groups is 1. The minimum atomic E-state index is -4.53. The molecule has 2 amide bonds. The van der Waals surface area contributed by atoms with E-state index in [1.807, 2.05) is 12.1 Å². The maximum Gasteiger partial charge on any atom is 0.416 e. The summed E-state index contributed by atoms with van der Waals surface area (Å²) in [5.74, 6) is 0.180. The van der Waals surface area contributed by atoms with Crippen LogP contribution in [0, 0.1) is 0 Å². The Kier molecular flexibility index (Phi) is 7.34. The first-order valence-corrected chi connectivity index (χ1v) is 10.9. The molecule has 33 heavy (non-hydrogen) atoms. The molecule has 0 spiro atoms. The molecule has 1 aromatic heterocycles. The fraction of sp³-hybridized carbons (Fsp3) is 0.478. The average molecular weight is 465 g/mol. The van der Waals surface area contributed by atoms with Gasteiger partial charge in [0.05, 0.1) is 37.2 Å². The highest BCUT2D eigenvalue weighted by atomic mass is 19.4. The van der Waals surface area contributed by atoms with E-state index in [1.165, 1.54) is 6.07 Å². The lowest BCUT2D eigenvalue weighted by Gasteiger charge is -2.30. The molecule has 178 valence electrons. The van der Waals surface area contributed by atoms with Gasteiger partial charge in [-0.25, -0.2) is 4.79 Å². The number of pyridine rings is 1. The van der Waals surface area contributed by atoms with Gasteiger partial charge in [0, 0.05) is 18.4 Å². The predicted molar refractivity (Wildman–Crippen MR) is 114 cm³/mol. The van der Waals surface area contributed by atoms with Crippen LogP contribution in [0.5, 0.6) is 5.75 Å². The van der Waals surface area contributed by atoms with Crippen molar-refractivity contribution in [3.63, 3.8) is 0 Å². The van der Waals surface area contributed by atoms with Gasteiger partial charge in [-0.05, 0) is 55.5 Å². The van der Waals surface area contributed by atoms with Crippen molar-refractivity contribution in [2.24, 2.45) is 0 Å². The van der Waals surface area contributed by atoms with Gasteiger partial charge in [0.25, 0.3) is 0 Å². The van der Waals surface area contributed by atoms with E-state index in [0.717, 1.165) is 43.4 Å². The molecule has 2 aromatic rings. The number of benzene rings is 1. The maximum atomic E-state index is 13.2. The predicted octanol–water partition coefficient (Wildman–Crippen LogP) is 4.53. The number of hydrogen-bond donors (Lipinski definition) is 2. The van der Waals surface area contributed by atoms with Crippen molar-refractivity contribution < 1.29 is 32.2 Å². The molecule has 10 heteroatoms. The largest absolute Gasteiger partial charge is 0.483 e. The zero-order valence-corrected chi connectivity index (χ0v) is 17.9. The third-order valence-corrected chi connectivity index (χ3v) is 5.67. The number of halogens is 3. The number of nitrogens with one attached hydrogen (secondary N) is 2. The van der Waals surface area contributed by atoms with Crippen molar-refractivity contribution in [1.29, 1.82) is 0 Å². The van der Waals surface area contributed by atoms with Gasteiger partial charge < -0.3 is 24.8 Å². The van der Waals surface area contributed by atoms with E-state index in [1.54, 1.807) is 12.4 Å². The molecule has 1 aromatic carbocycles. The van der Waals surface area contributed by atoms with Crippen molar-refractivity contribution in [3.8, 4) is 5.75 Å². The van der Waals surface area contributed by atoms with Crippen LogP contribution in [0.3, 0.4) is 0 Å². The second kappa shape index (κ2) is 10.4. The van der Waals surface area contributed by atoms with Crippen molar-refractivity contribution >= 4 is 11.7 Å².